The summed E-state index contributed by atoms with van der Waals surface area (Å²) in [5, 5.41) is 8.89. The van der Waals surface area contributed by atoms with E-state index in [1.165, 1.54) is 35.2 Å². The number of thioether (sulfide) groups is 1. The summed E-state index contributed by atoms with van der Waals surface area (Å²) in [6, 6.07) is 11.8. The smallest absolute Gasteiger partial charge is 0.335 e. The van der Waals surface area contributed by atoms with Gasteiger partial charge in [0, 0.05) is 0 Å². The summed E-state index contributed by atoms with van der Waals surface area (Å²) < 4.78 is 13.7. The molecular formula is C17H10FNO3S2. The Morgan fingerprint density at radius 1 is 1.21 bits per heavy atom. The third kappa shape index (κ3) is 3.22. The molecule has 1 saturated heterocycles. The number of rotatable bonds is 3. The van der Waals surface area contributed by atoms with Gasteiger partial charge in [0.05, 0.1) is 16.2 Å². The molecule has 0 radical (unpaired) electrons. The number of thiocarbonyl (C=S) groups is 1. The molecule has 4 nitrogen and oxygen atoms in total. The Labute approximate surface area is 146 Å². The van der Waals surface area contributed by atoms with Gasteiger partial charge in [0.2, 0.25) is 0 Å². The highest BCUT2D eigenvalue weighted by atomic mass is 32.2. The second-order valence-corrected chi connectivity index (χ2v) is 6.60. The van der Waals surface area contributed by atoms with Crippen molar-refractivity contribution in [3.05, 3.63) is 70.4 Å². The summed E-state index contributed by atoms with van der Waals surface area (Å²) in [6.07, 6.45) is 1.63. The predicted molar refractivity (Wildman–Crippen MR) is 95.5 cm³/mol. The standard InChI is InChI=1S/C17H10FNO3S2/c18-12-2-1-3-13(9-12)19-15(20)14(24-17(19)23)8-10-4-6-11(7-5-10)16(21)22/h1-9H,(H,21,22)/b14-8+. The van der Waals surface area contributed by atoms with E-state index in [1.54, 1.807) is 24.3 Å². The molecule has 3 rings (SSSR count). The number of nitrogens with zero attached hydrogens (tertiary/aromatic N) is 1. The van der Waals surface area contributed by atoms with Gasteiger partial charge in [0.25, 0.3) is 5.91 Å². The number of carboxylic acid groups (broad SMARTS) is 1. The van der Waals surface area contributed by atoms with E-state index in [9.17, 15) is 14.0 Å². The molecule has 120 valence electrons. The second kappa shape index (κ2) is 6.54. The first-order valence-corrected chi connectivity index (χ1v) is 8.05. The van der Waals surface area contributed by atoms with E-state index in [0.717, 1.165) is 11.8 Å². The average Bonchev–Trinajstić information content (AvgIpc) is 2.82. The molecule has 0 spiro atoms. The van der Waals surface area contributed by atoms with Crippen LogP contribution >= 0.6 is 24.0 Å². The minimum Gasteiger partial charge on any atom is -0.478 e. The minimum atomic E-state index is -1.01. The zero-order valence-electron chi connectivity index (χ0n) is 12.1. The molecule has 0 aromatic heterocycles. The van der Waals surface area contributed by atoms with Gasteiger partial charge >= 0.3 is 5.97 Å². The van der Waals surface area contributed by atoms with E-state index in [1.807, 2.05) is 0 Å². The van der Waals surface area contributed by atoms with Crippen LogP contribution in [0.15, 0.2) is 53.4 Å². The number of amides is 1. The maximum atomic E-state index is 13.4. The van der Waals surface area contributed by atoms with Crippen LogP contribution in [0.5, 0.6) is 0 Å². The molecule has 1 aliphatic heterocycles. The lowest BCUT2D eigenvalue weighted by Crippen LogP contribution is -2.27. The van der Waals surface area contributed by atoms with E-state index in [2.05, 4.69) is 0 Å². The monoisotopic (exact) mass is 359 g/mol. The lowest BCUT2D eigenvalue weighted by Gasteiger charge is -2.14. The highest BCUT2D eigenvalue weighted by Gasteiger charge is 2.33. The van der Waals surface area contributed by atoms with Crippen LogP contribution in [0.3, 0.4) is 0 Å². The molecule has 1 aliphatic rings. The van der Waals surface area contributed by atoms with E-state index >= 15 is 0 Å². The molecule has 0 saturated carbocycles. The van der Waals surface area contributed by atoms with Gasteiger partial charge in [-0.15, -0.1) is 0 Å². The van der Waals surface area contributed by atoms with Crippen LogP contribution in [-0.4, -0.2) is 21.3 Å². The molecule has 0 bridgehead atoms. The molecule has 0 unspecified atom stereocenters. The lowest BCUT2D eigenvalue weighted by atomic mass is 10.1. The van der Waals surface area contributed by atoms with E-state index < -0.39 is 11.8 Å². The molecule has 2 aromatic rings. The quantitative estimate of drug-likeness (QED) is 0.665. The first kappa shape index (κ1) is 16.4. The molecule has 24 heavy (non-hydrogen) atoms. The first-order valence-electron chi connectivity index (χ1n) is 6.82. The molecule has 2 aromatic carbocycles. The van der Waals surface area contributed by atoms with Crippen LogP contribution in [0.25, 0.3) is 6.08 Å². The second-order valence-electron chi connectivity index (χ2n) is 4.92. The zero-order chi connectivity index (χ0) is 17.3. The number of anilines is 1. The third-order valence-corrected chi connectivity index (χ3v) is 4.62. The largest absolute Gasteiger partial charge is 0.478 e. The highest BCUT2D eigenvalue weighted by molar-refractivity contribution is 8.27. The maximum absolute atomic E-state index is 13.4. The van der Waals surface area contributed by atoms with Gasteiger partial charge in [-0.1, -0.05) is 42.2 Å². The van der Waals surface area contributed by atoms with E-state index in [0.29, 0.717) is 20.5 Å². The molecule has 1 fully saturated rings. The SMILES string of the molecule is O=C(O)c1ccc(/C=C2/SC(=S)N(c3cccc(F)c3)C2=O)cc1. The Morgan fingerprint density at radius 3 is 2.54 bits per heavy atom. The summed E-state index contributed by atoms with van der Waals surface area (Å²) >= 11 is 6.34. The number of benzene rings is 2. The summed E-state index contributed by atoms with van der Waals surface area (Å²) in [5.74, 6) is -1.80. The van der Waals surface area contributed by atoms with Crippen molar-refractivity contribution in [2.75, 3.05) is 4.90 Å². The Bertz CT molecular complexity index is 878. The molecule has 7 heteroatoms. The van der Waals surface area contributed by atoms with Gasteiger partial charge in [-0.25, -0.2) is 9.18 Å². The van der Waals surface area contributed by atoms with Crippen LogP contribution in [0.4, 0.5) is 10.1 Å². The third-order valence-electron chi connectivity index (χ3n) is 3.32. The fourth-order valence-corrected chi connectivity index (χ4v) is 3.48. The highest BCUT2D eigenvalue weighted by Crippen LogP contribution is 2.36. The summed E-state index contributed by atoms with van der Waals surface area (Å²) in [4.78, 5) is 25.1. The number of halogens is 1. The van der Waals surface area contributed by atoms with Crippen LogP contribution in [0, 0.1) is 5.82 Å². The Balaban J connectivity index is 1.89. The van der Waals surface area contributed by atoms with Crippen LogP contribution < -0.4 is 4.90 Å². The van der Waals surface area contributed by atoms with Gasteiger partial charge in [0.1, 0.15) is 5.82 Å². The van der Waals surface area contributed by atoms with Crippen LogP contribution in [0.1, 0.15) is 15.9 Å². The van der Waals surface area contributed by atoms with Gasteiger partial charge in [-0.2, -0.15) is 0 Å². The average molecular weight is 359 g/mol. The number of carboxylic acids is 1. The summed E-state index contributed by atoms with van der Waals surface area (Å²) in [5.41, 5.74) is 1.22. The van der Waals surface area contributed by atoms with Crippen molar-refractivity contribution in [3.63, 3.8) is 0 Å². The lowest BCUT2D eigenvalue weighted by molar-refractivity contribution is -0.113. The normalized spacial score (nSPS) is 16.0. The van der Waals surface area contributed by atoms with E-state index in [-0.39, 0.29) is 11.5 Å². The Kier molecular flexibility index (Phi) is 4.46. The maximum Gasteiger partial charge on any atom is 0.335 e. The van der Waals surface area contributed by atoms with Crippen molar-refractivity contribution in [2.45, 2.75) is 0 Å². The van der Waals surface area contributed by atoms with Crippen LogP contribution in [-0.2, 0) is 4.79 Å². The number of carbonyl (C=O) groups is 2. The molecule has 1 N–H and O–H groups in total. The fraction of sp³-hybridized carbons (Fsp3) is 0. The molecule has 1 heterocycles. The van der Waals surface area contributed by atoms with Crippen molar-refractivity contribution in [2.24, 2.45) is 0 Å². The van der Waals surface area contributed by atoms with Gasteiger partial charge in [0.15, 0.2) is 4.32 Å². The minimum absolute atomic E-state index is 0.166. The first-order chi connectivity index (χ1) is 11.5. The van der Waals surface area contributed by atoms with E-state index in [4.69, 9.17) is 17.3 Å². The number of aromatic carboxylic acids is 1. The zero-order valence-corrected chi connectivity index (χ0v) is 13.7. The fourth-order valence-electron chi connectivity index (χ4n) is 2.18. The molecular weight excluding hydrogens is 349 g/mol. The van der Waals surface area contributed by atoms with Gasteiger partial charge in [-0.3, -0.25) is 9.69 Å². The molecule has 0 atom stereocenters. The van der Waals surface area contributed by atoms with Crippen molar-refractivity contribution in [3.8, 4) is 0 Å². The van der Waals surface area contributed by atoms with Gasteiger partial charge < -0.3 is 5.11 Å². The number of hydrogen-bond donors (Lipinski definition) is 1. The Morgan fingerprint density at radius 2 is 1.92 bits per heavy atom. The number of hydrogen-bond acceptors (Lipinski definition) is 4. The summed E-state index contributed by atoms with van der Waals surface area (Å²) in [6.45, 7) is 0. The molecule has 1 amide bonds. The van der Waals surface area contributed by atoms with Crippen molar-refractivity contribution in [1.82, 2.24) is 0 Å². The topological polar surface area (TPSA) is 57.6 Å². The van der Waals surface area contributed by atoms with Crippen molar-refractivity contribution in [1.29, 1.82) is 0 Å². The Hall–Kier alpha value is -2.51. The van der Waals surface area contributed by atoms with Gasteiger partial charge in [-0.05, 0) is 42.0 Å². The number of carbonyl (C=O) groups excluding carboxylic acids is 1. The van der Waals surface area contributed by atoms with Crippen molar-refractivity contribution < 1.29 is 19.1 Å². The van der Waals surface area contributed by atoms with Crippen molar-refractivity contribution >= 4 is 51.9 Å². The summed E-state index contributed by atoms with van der Waals surface area (Å²) in [7, 11) is 0. The molecule has 0 aliphatic carbocycles. The predicted octanol–water partition coefficient (Wildman–Crippen LogP) is 3.93. The van der Waals surface area contributed by atoms with Crippen LogP contribution in [0.2, 0.25) is 0 Å².